The highest BCUT2D eigenvalue weighted by Gasteiger charge is 2.21. The molecule has 1 atom stereocenters. The molecule has 1 aromatic carbocycles. The minimum Gasteiger partial charge on any atom is -0.306 e. The fourth-order valence-corrected chi connectivity index (χ4v) is 2.02. The van der Waals surface area contributed by atoms with Gasteiger partial charge in [0, 0.05) is 12.6 Å². The number of halogens is 2. The van der Waals surface area contributed by atoms with Gasteiger partial charge >= 0.3 is 0 Å². The lowest BCUT2D eigenvalue weighted by Gasteiger charge is -2.10. The van der Waals surface area contributed by atoms with Gasteiger partial charge in [0.05, 0.1) is 0 Å². The van der Waals surface area contributed by atoms with Crippen LogP contribution in [0.5, 0.6) is 0 Å². The number of rotatable bonds is 1. The van der Waals surface area contributed by atoms with Gasteiger partial charge in [-0.3, -0.25) is 0 Å². The molecule has 0 saturated carbocycles. The number of nitrogens with zero attached hydrogens (tertiary/aromatic N) is 1. The molecule has 0 N–H and O–H groups in total. The Morgan fingerprint density at radius 1 is 1.21 bits per heavy atom. The van der Waals surface area contributed by atoms with Gasteiger partial charge in [-0.15, -0.1) is 0 Å². The first-order valence-electron chi connectivity index (χ1n) is 4.79. The Bertz CT molecular complexity index is 318. The summed E-state index contributed by atoms with van der Waals surface area (Å²) in [5.41, 5.74) is 0.784. The second kappa shape index (κ2) is 3.65. The molecule has 0 aliphatic carbocycles. The van der Waals surface area contributed by atoms with Crippen LogP contribution in [-0.2, 0) is 0 Å². The first kappa shape index (κ1) is 9.59. The molecule has 2 rings (SSSR count). The summed E-state index contributed by atoms with van der Waals surface area (Å²) >= 11 is 0. The van der Waals surface area contributed by atoms with Crippen LogP contribution in [0.2, 0.25) is 0 Å². The van der Waals surface area contributed by atoms with E-state index in [0.29, 0.717) is 0 Å². The van der Waals surface area contributed by atoms with Crippen LogP contribution in [0, 0.1) is 11.6 Å². The lowest BCUT2D eigenvalue weighted by atomic mass is 9.98. The molecule has 3 heteroatoms. The Morgan fingerprint density at radius 3 is 2.36 bits per heavy atom. The molecule has 1 aliphatic rings. The average Bonchev–Trinajstić information content (AvgIpc) is 2.50. The first-order valence-corrected chi connectivity index (χ1v) is 4.79. The highest BCUT2D eigenvalue weighted by atomic mass is 19.1. The molecule has 1 aliphatic heterocycles. The van der Waals surface area contributed by atoms with E-state index < -0.39 is 11.6 Å². The summed E-state index contributed by atoms with van der Waals surface area (Å²) in [5.74, 6) is -0.672. The van der Waals surface area contributed by atoms with Crippen molar-refractivity contribution >= 4 is 0 Å². The first-order chi connectivity index (χ1) is 6.65. The second-order valence-electron chi connectivity index (χ2n) is 3.95. The van der Waals surface area contributed by atoms with E-state index in [-0.39, 0.29) is 5.92 Å². The van der Waals surface area contributed by atoms with Gasteiger partial charge in [-0.25, -0.2) is 8.78 Å². The smallest absolute Gasteiger partial charge is 0.126 e. The van der Waals surface area contributed by atoms with Crippen molar-refractivity contribution in [2.45, 2.75) is 12.3 Å². The molecule has 1 nitrogen and oxygen atoms in total. The minimum atomic E-state index is -0.477. The number of hydrogen-bond donors (Lipinski definition) is 0. The van der Waals surface area contributed by atoms with Crippen LogP contribution in [0.4, 0.5) is 8.78 Å². The zero-order valence-electron chi connectivity index (χ0n) is 8.13. The highest BCUT2D eigenvalue weighted by Crippen LogP contribution is 2.27. The Kier molecular flexibility index (Phi) is 2.50. The van der Waals surface area contributed by atoms with E-state index in [1.807, 2.05) is 7.05 Å². The second-order valence-corrected chi connectivity index (χ2v) is 3.95. The van der Waals surface area contributed by atoms with E-state index >= 15 is 0 Å². The number of likely N-dealkylation sites (tertiary alicyclic amines) is 1. The zero-order chi connectivity index (χ0) is 10.1. The number of hydrogen-bond acceptors (Lipinski definition) is 1. The molecule has 1 saturated heterocycles. The zero-order valence-corrected chi connectivity index (χ0v) is 8.13. The van der Waals surface area contributed by atoms with Crippen molar-refractivity contribution in [2.24, 2.45) is 0 Å². The molecular weight excluding hydrogens is 184 g/mol. The van der Waals surface area contributed by atoms with Gasteiger partial charge in [0.25, 0.3) is 0 Å². The van der Waals surface area contributed by atoms with Crippen molar-refractivity contribution in [3.8, 4) is 0 Å². The van der Waals surface area contributed by atoms with Gasteiger partial charge in [-0.05, 0) is 43.6 Å². The lowest BCUT2D eigenvalue weighted by Crippen LogP contribution is -2.13. The number of benzene rings is 1. The topological polar surface area (TPSA) is 3.24 Å². The third kappa shape index (κ3) is 1.93. The SMILES string of the molecule is CN1CCC(c2cc(F)cc(F)c2)C1. The van der Waals surface area contributed by atoms with E-state index in [2.05, 4.69) is 4.90 Å². The maximum atomic E-state index is 12.9. The predicted octanol–water partition coefficient (Wildman–Crippen LogP) is 2.38. The van der Waals surface area contributed by atoms with Gasteiger partial charge in [-0.2, -0.15) is 0 Å². The lowest BCUT2D eigenvalue weighted by molar-refractivity contribution is 0.411. The molecule has 1 heterocycles. The van der Waals surface area contributed by atoms with E-state index in [4.69, 9.17) is 0 Å². The Labute approximate surface area is 82.3 Å². The van der Waals surface area contributed by atoms with Crippen LogP contribution >= 0.6 is 0 Å². The maximum Gasteiger partial charge on any atom is 0.126 e. The largest absolute Gasteiger partial charge is 0.306 e. The van der Waals surface area contributed by atoms with Crippen LogP contribution in [0.15, 0.2) is 18.2 Å². The van der Waals surface area contributed by atoms with Crippen molar-refractivity contribution in [1.29, 1.82) is 0 Å². The Balaban J connectivity index is 2.23. The maximum absolute atomic E-state index is 12.9. The van der Waals surface area contributed by atoms with Gasteiger partial charge < -0.3 is 4.90 Å². The van der Waals surface area contributed by atoms with Gasteiger partial charge in [0.2, 0.25) is 0 Å². The monoisotopic (exact) mass is 197 g/mol. The molecule has 0 radical (unpaired) electrons. The van der Waals surface area contributed by atoms with E-state index in [1.165, 1.54) is 12.1 Å². The molecular formula is C11H13F2N. The summed E-state index contributed by atoms with van der Waals surface area (Å²) in [6.45, 7) is 1.89. The van der Waals surface area contributed by atoms with Crippen LogP contribution < -0.4 is 0 Å². The molecule has 14 heavy (non-hydrogen) atoms. The minimum absolute atomic E-state index is 0.283. The number of likely N-dealkylation sites (N-methyl/N-ethyl adjacent to an activating group) is 1. The fraction of sp³-hybridized carbons (Fsp3) is 0.455. The summed E-state index contributed by atoms with van der Waals surface area (Å²) in [6.07, 6.45) is 0.986. The van der Waals surface area contributed by atoms with Crippen LogP contribution in [0.1, 0.15) is 17.9 Å². The van der Waals surface area contributed by atoms with Gasteiger partial charge in [0.15, 0.2) is 0 Å². The van der Waals surface area contributed by atoms with Crippen molar-refractivity contribution in [3.05, 3.63) is 35.4 Å². The summed E-state index contributed by atoms with van der Waals surface area (Å²) in [6, 6.07) is 3.79. The summed E-state index contributed by atoms with van der Waals surface area (Å²) < 4.78 is 25.8. The summed E-state index contributed by atoms with van der Waals surface area (Å²) in [7, 11) is 2.02. The predicted molar refractivity (Wildman–Crippen MR) is 51.2 cm³/mol. The molecule has 1 unspecified atom stereocenters. The van der Waals surface area contributed by atoms with E-state index in [0.717, 1.165) is 31.1 Å². The molecule has 76 valence electrons. The molecule has 0 bridgehead atoms. The Hall–Kier alpha value is -0.960. The third-order valence-electron chi connectivity index (χ3n) is 2.75. The van der Waals surface area contributed by atoms with Crippen LogP contribution in [0.3, 0.4) is 0 Å². The van der Waals surface area contributed by atoms with Crippen molar-refractivity contribution in [3.63, 3.8) is 0 Å². The van der Waals surface area contributed by atoms with Gasteiger partial charge in [0.1, 0.15) is 11.6 Å². The Morgan fingerprint density at radius 2 is 1.86 bits per heavy atom. The summed E-state index contributed by atoms with van der Waals surface area (Å²) in [4.78, 5) is 2.17. The van der Waals surface area contributed by atoms with Gasteiger partial charge in [-0.1, -0.05) is 0 Å². The normalized spacial score (nSPS) is 22.9. The summed E-state index contributed by atoms with van der Waals surface area (Å²) in [5, 5.41) is 0. The highest BCUT2D eigenvalue weighted by molar-refractivity contribution is 5.23. The quantitative estimate of drug-likeness (QED) is 0.668. The third-order valence-corrected chi connectivity index (χ3v) is 2.75. The average molecular weight is 197 g/mol. The van der Waals surface area contributed by atoms with Crippen LogP contribution in [-0.4, -0.2) is 25.0 Å². The van der Waals surface area contributed by atoms with E-state index in [1.54, 1.807) is 0 Å². The fourth-order valence-electron chi connectivity index (χ4n) is 2.02. The molecule has 1 fully saturated rings. The molecule has 0 amide bonds. The van der Waals surface area contributed by atoms with Crippen molar-refractivity contribution in [2.75, 3.05) is 20.1 Å². The molecule has 1 aromatic rings. The molecule has 0 aromatic heterocycles. The standard InChI is InChI=1S/C11H13F2N/c1-14-3-2-8(7-14)9-4-10(12)6-11(13)5-9/h4-6,8H,2-3,7H2,1H3. The van der Waals surface area contributed by atoms with Crippen molar-refractivity contribution < 1.29 is 8.78 Å². The molecule has 0 spiro atoms. The van der Waals surface area contributed by atoms with Crippen molar-refractivity contribution in [1.82, 2.24) is 4.90 Å². The van der Waals surface area contributed by atoms with E-state index in [9.17, 15) is 8.78 Å². The van der Waals surface area contributed by atoms with Crippen LogP contribution in [0.25, 0.3) is 0 Å².